The Morgan fingerprint density at radius 3 is 1.90 bits per heavy atom. The predicted molar refractivity (Wildman–Crippen MR) is 85.9 cm³/mol. The van der Waals surface area contributed by atoms with Gasteiger partial charge in [-0.2, -0.15) is 0 Å². The van der Waals surface area contributed by atoms with Crippen molar-refractivity contribution < 1.29 is 9.47 Å². The molecule has 1 aromatic carbocycles. The van der Waals surface area contributed by atoms with Crippen LogP contribution in [0.5, 0.6) is 5.75 Å². The van der Waals surface area contributed by atoms with Crippen molar-refractivity contribution in [3.63, 3.8) is 0 Å². The first-order valence-corrected chi connectivity index (χ1v) is 7.18. The first-order valence-electron chi connectivity index (χ1n) is 7.18. The van der Waals surface area contributed by atoms with Crippen LogP contribution in [0.4, 0.5) is 0 Å². The van der Waals surface area contributed by atoms with Crippen molar-refractivity contribution in [2.75, 3.05) is 0 Å². The monoisotopic (exact) mass is 276 g/mol. The van der Waals surface area contributed by atoms with E-state index >= 15 is 0 Å². The van der Waals surface area contributed by atoms with Crippen LogP contribution in [-0.2, 0) is 4.74 Å². The molecule has 0 saturated carbocycles. The summed E-state index contributed by atoms with van der Waals surface area (Å²) in [5.41, 5.74) is 1.92. The van der Waals surface area contributed by atoms with Crippen molar-refractivity contribution in [2.24, 2.45) is 5.92 Å². The second kappa shape index (κ2) is 6.01. The zero-order chi connectivity index (χ0) is 15.6. The summed E-state index contributed by atoms with van der Waals surface area (Å²) in [6.07, 6.45) is 0. The minimum absolute atomic E-state index is 0.238. The van der Waals surface area contributed by atoms with Gasteiger partial charge in [-0.3, -0.25) is 0 Å². The fourth-order valence-corrected chi connectivity index (χ4v) is 1.91. The van der Waals surface area contributed by atoms with Gasteiger partial charge in [0.15, 0.2) is 0 Å². The Morgan fingerprint density at radius 2 is 1.55 bits per heavy atom. The molecule has 0 aliphatic rings. The number of ether oxygens (including phenoxy) is 2. The quantitative estimate of drug-likeness (QED) is 0.681. The van der Waals surface area contributed by atoms with E-state index in [0.717, 1.165) is 16.9 Å². The lowest BCUT2D eigenvalue weighted by molar-refractivity contribution is -0.247. The van der Waals surface area contributed by atoms with Gasteiger partial charge in [-0.1, -0.05) is 38.1 Å². The van der Waals surface area contributed by atoms with Gasteiger partial charge in [-0.25, -0.2) is 0 Å². The number of allylic oxidation sites excluding steroid dienone is 1. The van der Waals surface area contributed by atoms with E-state index in [2.05, 4.69) is 20.4 Å². The van der Waals surface area contributed by atoms with E-state index in [1.807, 2.05) is 58.9 Å². The highest BCUT2D eigenvalue weighted by atomic mass is 16.7. The summed E-state index contributed by atoms with van der Waals surface area (Å²) in [6, 6.07) is 7.98. The van der Waals surface area contributed by atoms with Crippen LogP contribution in [0.3, 0.4) is 0 Å². The van der Waals surface area contributed by atoms with E-state index in [1.54, 1.807) is 0 Å². The molecule has 0 spiro atoms. The third kappa shape index (κ3) is 4.68. The fourth-order valence-electron chi connectivity index (χ4n) is 1.91. The molecule has 112 valence electrons. The molecule has 0 N–H and O–H groups in total. The minimum Gasteiger partial charge on any atom is -0.462 e. The second-order valence-corrected chi connectivity index (χ2v) is 6.79. The van der Waals surface area contributed by atoms with Crippen molar-refractivity contribution in [3.05, 3.63) is 36.4 Å². The SMILES string of the molecule is C=C(C)c1ccc(OC(C)(OC(C)(C)C)C(C)C)cc1. The molecule has 2 heteroatoms. The van der Waals surface area contributed by atoms with Crippen LogP contribution >= 0.6 is 0 Å². The highest BCUT2D eigenvalue weighted by molar-refractivity contribution is 5.61. The Kier molecular flexibility index (Phi) is 5.04. The van der Waals surface area contributed by atoms with Crippen molar-refractivity contribution in [2.45, 2.75) is 59.9 Å². The molecule has 0 aliphatic carbocycles. The van der Waals surface area contributed by atoms with Crippen LogP contribution < -0.4 is 4.74 Å². The molecule has 0 fully saturated rings. The van der Waals surface area contributed by atoms with Gasteiger partial charge in [0, 0.05) is 12.8 Å². The molecular weight excluding hydrogens is 248 g/mol. The lowest BCUT2D eigenvalue weighted by Crippen LogP contribution is -2.46. The van der Waals surface area contributed by atoms with Crippen LogP contribution in [0.2, 0.25) is 0 Å². The first kappa shape index (κ1) is 16.8. The summed E-state index contributed by atoms with van der Waals surface area (Å²) in [5.74, 6) is 0.404. The van der Waals surface area contributed by atoms with Crippen molar-refractivity contribution in [1.29, 1.82) is 0 Å². The highest BCUT2D eigenvalue weighted by Crippen LogP contribution is 2.31. The third-order valence-electron chi connectivity index (χ3n) is 3.23. The molecule has 1 rings (SSSR count). The molecule has 0 heterocycles. The van der Waals surface area contributed by atoms with Gasteiger partial charge in [0.25, 0.3) is 0 Å². The van der Waals surface area contributed by atoms with Crippen LogP contribution in [0.25, 0.3) is 5.57 Å². The Balaban J connectivity index is 2.93. The highest BCUT2D eigenvalue weighted by Gasteiger charge is 2.36. The third-order valence-corrected chi connectivity index (χ3v) is 3.23. The summed E-state index contributed by atoms with van der Waals surface area (Å²) in [6.45, 7) is 18.3. The van der Waals surface area contributed by atoms with Crippen LogP contribution in [0, 0.1) is 5.92 Å². The molecule has 1 aromatic rings. The van der Waals surface area contributed by atoms with Gasteiger partial charge in [0.05, 0.1) is 5.60 Å². The molecule has 0 saturated heterocycles. The predicted octanol–water partition coefficient (Wildman–Crippen LogP) is 5.29. The zero-order valence-corrected chi connectivity index (χ0v) is 13.9. The van der Waals surface area contributed by atoms with Crippen LogP contribution in [0.1, 0.15) is 54.0 Å². The molecule has 0 amide bonds. The van der Waals surface area contributed by atoms with Gasteiger partial charge in [-0.05, 0) is 45.4 Å². The van der Waals surface area contributed by atoms with Gasteiger partial charge < -0.3 is 9.47 Å². The fraction of sp³-hybridized carbons (Fsp3) is 0.556. The molecule has 1 unspecified atom stereocenters. The zero-order valence-electron chi connectivity index (χ0n) is 13.9. The van der Waals surface area contributed by atoms with Gasteiger partial charge in [0.2, 0.25) is 5.79 Å². The topological polar surface area (TPSA) is 18.5 Å². The number of hydrogen-bond donors (Lipinski definition) is 0. The van der Waals surface area contributed by atoms with E-state index in [4.69, 9.17) is 9.47 Å². The Labute approximate surface area is 123 Å². The van der Waals surface area contributed by atoms with Gasteiger partial charge >= 0.3 is 0 Å². The van der Waals surface area contributed by atoms with Crippen molar-refractivity contribution >= 4 is 5.57 Å². The Hall–Kier alpha value is -1.28. The summed E-state index contributed by atoms with van der Waals surface area (Å²) in [5, 5.41) is 0. The van der Waals surface area contributed by atoms with Crippen molar-refractivity contribution in [3.8, 4) is 5.75 Å². The molecule has 2 nitrogen and oxygen atoms in total. The average Bonchev–Trinajstić information content (AvgIpc) is 2.26. The molecule has 0 bridgehead atoms. The maximum absolute atomic E-state index is 6.13. The largest absolute Gasteiger partial charge is 0.462 e. The maximum atomic E-state index is 6.13. The Bertz CT molecular complexity index is 451. The molecule has 0 radical (unpaired) electrons. The molecule has 1 atom stereocenters. The molecule has 0 aromatic heterocycles. The smallest absolute Gasteiger partial charge is 0.210 e. The summed E-state index contributed by atoms with van der Waals surface area (Å²) < 4.78 is 12.3. The number of hydrogen-bond acceptors (Lipinski definition) is 2. The summed E-state index contributed by atoms with van der Waals surface area (Å²) in [7, 11) is 0. The van der Waals surface area contributed by atoms with Crippen LogP contribution in [0.15, 0.2) is 30.8 Å². The lowest BCUT2D eigenvalue weighted by Gasteiger charge is -2.39. The average molecular weight is 276 g/mol. The van der Waals surface area contributed by atoms with Crippen molar-refractivity contribution in [1.82, 2.24) is 0 Å². The van der Waals surface area contributed by atoms with E-state index in [-0.39, 0.29) is 11.5 Å². The second-order valence-electron chi connectivity index (χ2n) is 6.79. The number of rotatable bonds is 5. The van der Waals surface area contributed by atoms with E-state index in [0.29, 0.717) is 0 Å². The van der Waals surface area contributed by atoms with Gasteiger partial charge in [-0.15, -0.1) is 0 Å². The standard InChI is InChI=1S/C18H28O2/c1-13(2)15-9-11-16(12-10-15)19-18(8,14(3)4)20-17(5,6)7/h9-12,14H,1H2,2-8H3. The normalized spacial score (nSPS) is 15.0. The van der Waals surface area contributed by atoms with E-state index < -0.39 is 5.79 Å². The molecule has 0 aliphatic heterocycles. The summed E-state index contributed by atoms with van der Waals surface area (Å²) >= 11 is 0. The lowest BCUT2D eigenvalue weighted by atomic mass is 10.0. The number of benzene rings is 1. The molecule has 20 heavy (non-hydrogen) atoms. The maximum Gasteiger partial charge on any atom is 0.210 e. The summed E-state index contributed by atoms with van der Waals surface area (Å²) in [4.78, 5) is 0. The first-order chi connectivity index (χ1) is 9.03. The van der Waals surface area contributed by atoms with Gasteiger partial charge in [0.1, 0.15) is 5.75 Å². The van der Waals surface area contributed by atoms with E-state index in [1.165, 1.54) is 0 Å². The Morgan fingerprint density at radius 1 is 1.05 bits per heavy atom. The van der Waals surface area contributed by atoms with E-state index in [9.17, 15) is 0 Å². The minimum atomic E-state index is -0.650. The van der Waals surface area contributed by atoms with Crippen LogP contribution in [-0.4, -0.2) is 11.4 Å². The molecular formula is C18H28O2.